The monoisotopic (exact) mass is 365 g/mol. The number of nitrogens with one attached hydrogen (secondary N) is 4. The Bertz CT molecular complexity index is 465. The van der Waals surface area contributed by atoms with E-state index in [2.05, 4.69) is 26.8 Å². The minimum absolute atomic E-state index is 0.0402. The van der Waals surface area contributed by atoms with E-state index in [1.807, 2.05) is 0 Å². The van der Waals surface area contributed by atoms with E-state index in [1.54, 1.807) is 0 Å². The fourth-order valence-corrected chi connectivity index (χ4v) is 5.09. The predicted octanol–water partition coefficient (Wildman–Crippen LogP) is 1.58. The fraction of sp³-hybridized carbons (Fsp3) is 0.947. The zero-order chi connectivity index (χ0) is 17.8. The molecule has 7 heteroatoms. The maximum atomic E-state index is 12.6. The number of hydrogen-bond donors (Lipinski definition) is 4. The van der Waals surface area contributed by atoms with Crippen molar-refractivity contribution in [3.63, 3.8) is 0 Å². The van der Waals surface area contributed by atoms with Crippen molar-refractivity contribution in [3.8, 4) is 0 Å². The Morgan fingerprint density at radius 1 is 1.04 bits per heavy atom. The molecule has 4 fully saturated rings. The third-order valence-electron chi connectivity index (χ3n) is 6.64. The Morgan fingerprint density at radius 2 is 1.77 bits per heavy atom. The molecule has 2 aliphatic carbocycles. The topological polar surface area (TPSA) is 77.7 Å². The molecule has 2 heterocycles. The van der Waals surface area contributed by atoms with E-state index in [9.17, 15) is 4.79 Å². The first kappa shape index (κ1) is 18.6. The van der Waals surface area contributed by atoms with Crippen molar-refractivity contribution in [1.29, 1.82) is 0 Å². The molecular weight excluding hydrogens is 330 g/mol. The molecule has 4 rings (SSSR count). The number of carbonyl (C=O) groups is 1. The first-order valence-corrected chi connectivity index (χ1v) is 10.8. The van der Waals surface area contributed by atoms with Crippen molar-refractivity contribution in [2.24, 2.45) is 11.8 Å². The molecule has 0 bridgehead atoms. The number of amides is 1. The smallest absolute Gasteiger partial charge is 0.240 e. The van der Waals surface area contributed by atoms with Crippen molar-refractivity contribution < 1.29 is 9.63 Å². The van der Waals surface area contributed by atoms with Crippen LogP contribution in [0.2, 0.25) is 0 Å². The minimum Gasteiger partial charge on any atom is -0.337 e. The lowest BCUT2D eigenvalue weighted by atomic mass is 9.83. The highest BCUT2D eigenvalue weighted by molar-refractivity contribution is 5.82. The molecule has 3 unspecified atom stereocenters. The summed E-state index contributed by atoms with van der Waals surface area (Å²) >= 11 is 0. The highest BCUT2D eigenvalue weighted by Gasteiger charge is 2.37. The Labute approximate surface area is 156 Å². The van der Waals surface area contributed by atoms with Crippen LogP contribution in [0.3, 0.4) is 0 Å². The van der Waals surface area contributed by atoms with E-state index in [-0.39, 0.29) is 24.2 Å². The fourth-order valence-electron chi connectivity index (χ4n) is 5.09. The summed E-state index contributed by atoms with van der Waals surface area (Å²) in [6.45, 7) is 1.87. The lowest BCUT2D eigenvalue weighted by Crippen LogP contribution is -2.50. The lowest BCUT2D eigenvalue weighted by Gasteiger charge is -2.26. The predicted molar refractivity (Wildman–Crippen MR) is 99.3 cm³/mol. The van der Waals surface area contributed by atoms with Crippen LogP contribution in [-0.4, -0.2) is 42.3 Å². The highest BCUT2D eigenvalue weighted by Crippen LogP contribution is 2.31. The van der Waals surface area contributed by atoms with Crippen LogP contribution in [0.15, 0.2) is 0 Å². The summed E-state index contributed by atoms with van der Waals surface area (Å²) in [5.41, 5.74) is 9.41. The van der Waals surface area contributed by atoms with Gasteiger partial charge in [-0.15, -0.1) is 0 Å². The average Bonchev–Trinajstić information content (AvgIpc) is 3.33. The molecule has 4 N–H and O–H groups in total. The Kier molecular flexibility index (Phi) is 6.43. The summed E-state index contributed by atoms with van der Waals surface area (Å²) in [6.07, 6.45) is 14.2. The molecule has 26 heavy (non-hydrogen) atoms. The summed E-state index contributed by atoms with van der Waals surface area (Å²) in [6, 6.07) is -0.226. The van der Waals surface area contributed by atoms with Gasteiger partial charge in [0.2, 0.25) is 5.91 Å². The van der Waals surface area contributed by atoms with Crippen LogP contribution < -0.4 is 21.8 Å². The molecule has 7 nitrogen and oxygen atoms in total. The van der Waals surface area contributed by atoms with Gasteiger partial charge in [-0.3, -0.25) is 9.63 Å². The molecule has 0 spiro atoms. The number of hydrazine groups is 2. The van der Waals surface area contributed by atoms with Crippen molar-refractivity contribution in [3.05, 3.63) is 0 Å². The summed E-state index contributed by atoms with van der Waals surface area (Å²) in [5.74, 6) is 1.45. The van der Waals surface area contributed by atoms with Crippen LogP contribution in [0.1, 0.15) is 70.6 Å². The number of nitrogens with zero attached hydrogens (tertiary/aromatic N) is 1. The molecular formula is C19H35N5O2. The van der Waals surface area contributed by atoms with Gasteiger partial charge >= 0.3 is 0 Å². The van der Waals surface area contributed by atoms with Gasteiger partial charge < -0.3 is 5.32 Å². The van der Waals surface area contributed by atoms with Gasteiger partial charge in [0.25, 0.3) is 0 Å². The number of hydroxylamine groups is 1. The van der Waals surface area contributed by atoms with Crippen LogP contribution in [0.5, 0.6) is 0 Å². The number of carbonyl (C=O) groups excluding carboxylic acids is 1. The zero-order valence-electron chi connectivity index (χ0n) is 15.8. The van der Waals surface area contributed by atoms with Gasteiger partial charge in [0.05, 0.1) is 6.10 Å². The number of rotatable bonds is 5. The van der Waals surface area contributed by atoms with Gasteiger partial charge in [-0.05, 0) is 37.5 Å². The SMILES string of the molecule is O=C(NC1CN(CC2CCCCC2)NN1)C1CC(C2CCCCC2)ON1. The van der Waals surface area contributed by atoms with E-state index >= 15 is 0 Å². The van der Waals surface area contributed by atoms with Crippen molar-refractivity contribution in [1.82, 2.24) is 26.8 Å². The third-order valence-corrected chi connectivity index (χ3v) is 6.64. The lowest BCUT2D eigenvalue weighted by molar-refractivity contribution is -0.125. The molecule has 0 aromatic heterocycles. The Morgan fingerprint density at radius 3 is 2.54 bits per heavy atom. The first-order chi connectivity index (χ1) is 12.8. The molecule has 3 atom stereocenters. The number of hydrogen-bond acceptors (Lipinski definition) is 6. The Balaban J connectivity index is 1.18. The largest absolute Gasteiger partial charge is 0.337 e. The maximum Gasteiger partial charge on any atom is 0.240 e. The molecule has 1 amide bonds. The quantitative estimate of drug-likeness (QED) is 0.593. The van der Waals surface area contributed by atoms with Crippen LogP contribution in [-0.2, 0) is 9.63 Å². The summed E-state index contributed by atoms with van der Waals surface area (Å²) in [7, 11) is 0. The van der Waals surface area contributed by atoms with Crippen LogP contribution in [0.4, 0.5) is 0 Å². The Hall–Kier alpha value is -0.730. The molecule has 0 radical (unpaired) electrons. The normalized spacial score (nSPS) is 35.0. The van der Waals surface area contributed by atoms with Gasteiger partial charge in [0.15, 0.2) is 0 Å². The van der Waals surface area contributed by atoms with Crippen molar-refractivity contribution in [2.75, 3.05) is 13.1 Å². The summed E-state index contributed by atoms with van der Waals surface area (Å²) in [5, 5.41) is 5.33. The second-order valence-electron chi connectivity index (χ2n) is 8.69. The van der Waals surface area contributed by atoms with Crippen molar-refractivity contribution >= 4 is 5.91 Å². The van der Waals surface area contributed by atoms with E-state index in [0.29, 0.717) is 5.92 Å². The molecule has 2 saturated heterocycles. The molecule has 2 saturated carbocycles. The van der Waals surface area contributed by atoms with Gasteiger partial charge in [-0.25, -0.2) is 10.4 Å². The molecule has 148 valence electrons. The molecule has 0 aromatic rings. The highest BCUT2D eigenvalue weighted by atomic mass is 16.7. The van der Waals surface area contributed by atoms with Gasteiger partial charge in [-0.2, -0.15) is 11.0 Å². The standard InChI is InChI=1S/C19H35N5O2/c25-19(16-11-17(26-22-16)15-9-5-2-6-10-15)20-18-13-24(23-21-18)12-14-7-3-1-4-8-14/h14-18,21-23H,1-13H2,(H,20,25). The first-order valence-electron chi connectivity index (χ1n) is 10.8. The van der Waals surface area contributed by atoms with E-state index < -0.39 is 0 Å². The van der Waals surface area contributed by atoms with Crippen LogP contribution in [0, 0.1) is 11.8 Å². The average molecular weight is 366 g/mol. The third kappa shape index (κ3) is 4.75. The summed E-state index contributed by atoms with van der Waals surface area (Å²) in [4.78, 5) is 18.3. The summed E-state index contributed by atoms with van der Waals surface area (Å²) < 4.78 is 0. The van der Waals surface area contributed by atoms with Gasteiger partial charge in [-0.1, -0.05) is 38.5 Å². The van der Waals surface area contributed by atoms with Gasteiger partial charge in [0.1, 0.15) is 12.2 Å². The second kappa shape index (κ2) is 8.97. The van der Waals surface area contributed by atoms with Gasteiger partial charge in [0, 0.05) is 19.5 Å². The van der Waals surface area contributed by atoms with Crippen LogP contribution >= 0.6 is 0 Å². The second-order valence-corrected chi connectivity index (χ2v) is 8.69. The maximum absolute atomic E-state index is 12.6. The molecule has 4 aliphatic rings. The van der Waals surface area contributed by atoms with E-state index in [1.165, 1.54) is 64.2 Å². The van der Waals surface area contributed by atoms with E-state index in [0.717, 1.165) is 25.4 Å². The molecule has 2 aliphatic heterocycles. The zero-order valence-corrected chi connectivity index (χ0v) is 15.8. The van der Waals surface area contributed by atoms with E-state index in [4.69, 9.17) is 4.84 Å². The van der Waals surface area contributed by atoms with Crippen molar-refractivity contribution in [2.45, 2.75) is 88.9 Å². The molecule has 0 aromatic carbocycles. The minimum atomic E-state index is -0.226. The van der Waals surface area contributed by atoms with Crippen LogP contribution in [0.25, 0.3) is 0 Å².